The van der Waals surface area contributed by atoms with Crippen LogP contribution in [0.3, 0.4) is 0 Å². The van der Waals surface area contributed by atoms with Crippen LogP contribution in [0.15, 0.2) is 65.5 Å². The van der Waals surface area contributed by atoms with E-state index in [0.717, 1.165) is 11.1 Å². The van der Waals surface area contributed by atoms with Gasteiger partial charge in [0.05, 0.1) is 5.69 Å². The molecule has 0 spiro atoms. The maximum absolute atomic E-state index is 12.8. The Balaban J connectivity index is 1.91. The van der Waals surface area contributed by atoms with Gasteiger partial charge in [0, 0.05) is 22.3 Å². The Hall–Kier alpha value is -2.92. The third-order valence-electron chi connectivity index (χ3n) is 4.32. The Labute approximate surface area is 162 Å². The average Bonchev–Trinajstić information content (AvgIpc) is 2.67. The topological polar surface area (TPSA) is 64.0 Å². The van der Waals surface area contributed by atoms with E-state index in [1.165, 1.54) is 10.7 Å². The van der Waals surface area contributed by atoms with Crippen LogP contribution in [0.1, 0.15) is 24.9 Å². The first-order valence-corrected chi connectivity index (χ1v) is 9.09. The third-order valence-corrected chi connectivity index (χ3v) is 4.73. The molecule has 1 atom stereocenters. The summed E-state index contributed by atoms with van der Waals surface area (Å²) in [6, 6.07) is 17.2. The van der Waals surface area contributed by atoms with E-state index >= 15 is 0 Å². The van der Waals surface area contributed by atoms with Crippen molar-refractivity contribution in [1.29, 1.82) is 0 Å². The second-order valence-electron chi connectivity index (χ2n) is 6.24. The van der Waals surface area contributed by atoms with E-state index in [1.54, 1.807) is 18.2 Å². The molecular weight excluding hydrogens is 362 g/mol. The lowest BCUT2D eigenvalue weighted by Crippen LogP contribution is -2.34. The highest BCUT2D eigenvalue weighted by Gasteiger charge is 2.21. The molecule has 0 saturated heterocycles. The van der Waals surface area contributed by atoms with Crippen molar-refractivity contribution in [3.8, 4) is 11.3 Å². The molecule has 0 aliphatic rings. The molecule has 1 heterocycles. The smallest absolute Gasteiger partial charge is 0.267 e. The van der Waals surface area contributed by atoms with Crippen molar-refractivity contribution in [2.75, 3.05) is 5.32 Å². The van der Waals surface area contributed by atoms with Gasteiger partial charge in [-0.2, -0.15) is 5.10 Å². The van der Waals surface area contributed by atoms with Gasteiger partial charge in [-0.15, -0.1) is 0 Å². The molecule has 3 rings (SSSR count). The molecule has 3 aromatic rings. The van der Waals surface area contributed by atoms with Crippen molar-refractivity contribution in [3.05, 3.63) is 81.6 Å². The summed E-state index contributed by atoms with van der Waals surface area (Å²) < 4.78 is 1.24. The molecule has 5 nitrogen and oxygen atoms in total. The summed E-state index contributed by atoms with van der Waals surface area (Å²) in [7, 11) is 0. The molecule has 138 valence electrons. The number of carbonyl (C=O) groups is 1. The molecule has 0 aliphatic carbocycles. The molecule has 0 unspecified atom stereocenters. The Kier molecular flexibility index (Phi) is 5.72. The average molecular weight is 382 g/mol. The van der Waals surface area contributed by atoms with Crippen LogP contribution in [0.25, 0.3) is 11.3 Å². The second kappa shape index (κ2) is 8.18. The summed E-state index contributed by atoms with van der Waals surface area (Å²) in [4.78, 5) is 25.1. The number of hydrogen-bond donors (Lipinski definition) is 1. The number of aromatic nitrogens is 2. The standard InChI is InChI=1S/C21H20ClN3O2/c1-3-19(21(27)23-16-10-9-14(2)17(22)13-16)25-20(26)12-11-18(24-25)15-7-5-4-6-8-15/h4-13,19H,3H2,1-2H3,(H,23,27)/t19-/m0/s1. The van der Waals surface area contributed by atoms with E-state index in [-0.39, 0.29) is 11.5 Å². The second-order valence-corrected chi connectivity index (χ2v) is 6.65. The van der Waals surface area contributed by atoms with Crippen LogP contribution >= 0.6 is 11.6 Å². The fourth-order valence-electron chi connectivity index (χ4n) is 2.78. The van der Waals surface area contributed by atoms with Gasteiger partial charge in [-0.3, -0.25) is 9.59 Å². The molecule has 1 aromatic heterocycles. The number of carbonyl (C=O) groups excluding carboxylic acids is 1. The number of nitrogens with one attached hydrogen (secondary N) is 1. The van der Waals surface area contributed by atoms with E-state index in [9.17, 15) is 9.59 Å². The Bertz CT molecular complexity index is 1020. The number of rotatable bonds is 5. The fourth-order valence-corrected chi connectivity index (χ4v) is 2.96. The van der Waals surface area contributed by atoms with Crippen LogP contribution in [0.4, 0.5) is 5.69 Å². The highest BCUT2D eigenvalue weighted by Crippen LogP contribution is 2.22. The fraction of sp³-hybridized carbons (Fsp3) is 0.190. The van der Waals surface area contributed by atoms with E-state index in [4.69, 9.17) is 11.6 Å². The zero-order valence-corrected chi connectivity index (χ0v) is 15.9. The lowest BCUT2D eigenvalue weighted by Gasteiger charge is -2.18. The van der Waals surface area contributed by atoms with Crippen LogP contribution in [0, 0.1) is 6.92 Å². The summed E-state index contributed by atoms with van der Waals surface area (Å²) in [5.41, 5.74) is 2.71. The molecule has 0 aliphatic heterocycles. The van der Waals surface area contributed by atoms with Gasteiger partial charge in [0.25, 0.3) is 5.56 Å². The van der Waals surface area contributed by atoms with Gasteiger partial charge in [-0.1, -0.05) is 54.9 Å². The molecule has 0 radical (unpaired) electrons. The summed E-state index contributed by atoms with van der Waals surface area (Å²) >= 11 is 6.12. The lowest BCUT2D eigenvalue weighted by atomic mass is 10.1. The molecule has 2 aromatic carbocycles. The number of nitrogens with zero attached hydrogens (tertiary/aromatic N) is 2. The number of benzene rings is 2. The Morgan fingerprint density at radius 2 is 1.89 bits per heavy atom. The molecule has 0 saturated carbocycles. The first-order chi connectivity index (χ1) is 13.0. The molecule has 6 heteroatoms. The molecule has 0 fully saturated rings. The first kappa shape index (κ1) is 18.9. The SMILES string of the molecule is CC[C@@H](C(=O)Nc1ccc(C)c(Cl)c1)n1nc(-c2ccccc2)ccc1=O. The van der Waals surface area contributed by atoms with Crippen molar-refractivity contribution in [2.24, 2.45) is 0 Å². The minimum Gasteiger partial charge on any atom is -0.324 e. The van der Waals surface area contributed by atoms with Crippen molar-refractivity contribution in [1.82, 2.24) is 9.78 Å². The van der Waals surface area contributed by atoms with Crippen molar-refractivity contribution in [3.63, 3.8) is 0 Å². The molecule has 1 amide bonds. The Morgan fingerprint density at radius 3 is 2.56 bits per heavy atom. The number of anilines is 1. The molecule has 1 N–H and O–H groups in total. The van der Waals surface area contributed by atoms with Crippen LogP contribution < -0.4 is 10.9 Å². The summed E-state index contributed by atoms with van der Waals surface area (Å²) in [5, 5.41) is 7.82. The van der Waals surface area contributed by atoms with Crippen LogP contribution in [0.2, 0.25) is 5.02 Å². The lowest BCUT2D eigenvalue weighted by molar-refractivity contribution is -0.119. The zero-order valence-electron chi connectivity index (χ0n) is 15.1. The normalized spacial score (nSPS) is 11.8. The van der Waals surface area contributed by atoms with Crippen molar-refractivity contribution >= 4 is 23.2 Å². The molecule has 0 bridgehead atoms. The van der Waals surface area contributed by atoms with Gasteiger partial charge in [-0.25, -0.2) is 4.68 Å². The van der Waals surface area contributed by atoms with E-state index in [2.05, 4.69) is 10.4 Å². The van der Waals surface area contributed by atoms with E-state index < -0.39 is 6.04 Å². The first-order valence-electron chi connectivity index (χ1n) is 8.72. The summed E-state index contributed by atoms with van der Waals surface area (Å²) in [6.45, 7) is 3.73. The largest absolute Gasteiger partial charge is 0.324 e. The zero-order chi connectivity index (χ0) is 19.4. The van der Waals surface area contributed by atoms with Crippen LogP contribution in [-0.2, 0) is 4.79 Å². The number of halogens is 1. The van der Waals surface area contributed by atoms with Crippen molar-refractivity contribution in [2.45, 2.75) is 26.3 Å². The molecule has 27 heavy (non-hydrogen) atoms. The molecular formula is C21H20ClN3O2. The van der Waals surface area contributed by atoms with Gasteiger partial charge < -0.3 is 5.32 Å². The number of amides is 1. The Morgan fingerprint density at radius 1 is 1.15 bits per heavy atom. The monoisotopic (exact) mass is 381 g/mol. The van der Waals surface area contributed by atoms with Gasteiger partial charge in [0.15, 0.2) is 0 Å². The van der Waals surface area contributed by atoms with Gasteiger partial charge in [0.2, 0.25) is 5.91 Å². The van der Waals surface area contributed by atoms with E-state index in [1.807, 2.05) is 50.2 Å². The van der Waals surface area contributed by atoms with Gasteiger partial charge >= 0.3 is 0 Å². The third kappa shape index (κ3) is 4.26. The van der Waals surface area contributed by atoms with E-state index in [0.29, 0.717) is 22.8 Å². The summed E-state index contributed by atoms with van der Waals surface area (Å²) in [5.74, 6) is -0.308. The maximum atomic E-state index is 12.8. The minimum absolute atomic E-state index is 0.308. The predicted octanol–water partition coefficient (Wildman–Crippen LogP) is 4.46. The van der Waals surface area contributed by atoms with Crippen molar-refractivity contribution < 1.29 is 4.79 Å². The highest BCUT2D eigenvalue weighted by molar-refractivity contribution is 6.31. The number of aryl methyl sites for hydroxylation is 1. The van der Waals surface area contributed by atoms with Crippen LogP contribution in [0.5, 0.6) is 0 Å². The highest BCUT2D eigenvalue weighted by atomic mass is 35.5. The number of hydrogen-bond acceptors (Lipinski definition) is 3. The van der Waals surface area contributed by atoms with Crippen LogP contribution in [-0.4, -0.2) is 15.7 Å². The predicted molar refractivity (Wildman–Crippen MR) is 108 cm³/mol. The summed E-state index contributed by atoms with van der Waals surface area (Å²) in [6.07, 6.45) is 0.427. The maximum Gasteiger partial charge on any atom is 0.267 e. The quantitative estimate of drug-likeness (QED) is 0.709. The van der Waals surface area contributed by atoms with Gasteiger partial charge in [0.1, 0.15) is 6.04 Å². The van der Waals surface area contributed by atoms with Gasteiger partial charge in [-0.05, 0) is 37.1 Å². The minimum atomic E-state index is -0.721.